The molecule has 0 amide bonds. The Bertz CT molecular complexity index is 219. The molecule has 1 fully saturated rings. The molecule has 18 heavy (non-hydrogen) atoms. The number of likely N-dealkylation sites (N-methyl/N-ethyl adjacent to an activating group) is 1. The van der Waals surface area contributed by atoms with Gasteiger partial charge >= 0.3 is 0 Å². The Morgan fingerprint density at radius 2 is 1.83 bits per heavy atom. The van der Waals surface area contributed by atoms with Gasteiger partial charge in [0.1, 0.15) is 0 Å². The summed E-state index contributed by atoms with van der Waals surface area (Å²) >= 11 is 0. The van der Waals surface area contributed by atoms with Crippen LogP contribution in [0.5, 0.6) is 0 Å². The van der Waals surface area contributed by atoms with Gasteiger partial charge < -0.3 is 10.1 Å². The SMILES string of the molecule is CCC1CCC(CNC)(OC(C)CC(C)C)CC1. The highest BCUT2D eigenvalue weighted by Crippen LogP contribution is 2.37. The second-order valence-corrected chi connectivity index (χ2v) is 6.62. The molecule has 1 saturated carbocycles. The third-order valence-corrected chi connectivity index (χ3v) is 4.35. The molecule has 0 aromatic heterocycles. The first-order valence-corrected chi connectivity index (χ1v) is 7.83. The highest BCUT2D eigenvalue weighted by molar-refractivity contribution is 4.89. The first kappa shape index (κ1) is 16.0. The average Bonchev–Trinajstić information content (AvgIpc) is 2.29. The minimum absolute atomic E-state index is 0.106. The van der Waals surface area contributed by atoms with Gasteiger partial charge in [-0.05, 0) is 57.9 Å². The molecule has 1 N–H and O–H groups in total. The van der Waals surface area contributed by atoms with Gasteiger partial charge in [0.2, 0.25) is 0 Å². The van der Waals surface area contributed by atoms with Crippen molar-refractivity contribution in [2.75, 3.05) is 13.6 Å². The quantitative estimate of drug-likeness (QED) is 0.742. The number of hydrogen-bond acceptors (Lipinski definition) is 2. The van der Waals surface area contributed by atoms with Gasteiger partial charge in [-0.1, -0.05) is 27.2 Å². The molecule has 0 spiro atoms. The lowest BCUT2D eigenvalue weighted by Gasteiger charge is -2.42. The Labute approximate surface area is 114 Å². The molecule has 1 aliphatic carbocycles. The zero-order valence-corrected chi connectivity index (χ0v) is 13.1. The molecule has 1 rings (SSSR count). The average molecular weight is 255 g/mol. The smallest absolute Gasteiger partial charge is 0.0810 e. The second-order valence-electron chi connectivity index (χ2n) is 6.62. The van der Waals surface area contributed by atoms with Gasteiger partial charge in [-0.15, -0.1) is 0 Å². The van der Waals surface area contributed by atoms with Gasteiger partial charge in [0.05, 0.1) is 11.7 Å². The number of nitrogens with one attached hydrogen (secondary N) is 1. The van der Waals surface area contributed by atoms with E-state index in [0.29, 0.717) is 6.10 Å². The van der Waals surface area contributed by atoms with Gasteiger partial charge in [-0.25, -0.2) is 0 Å². The fourth-order valence-electron chi connectivity index (χ4n) is 3.41. The fourth-order valence-corrected chi connectivity index (χ4v) is 3.41. The van der Waals surface area contributed by atoms with Crippen LogP contribution < -0.4 is 5.32 Å². The Balaban J connectivity index is 2.53. The van der Waals surface area contributed by atoms with Gasteiger partial charge in [0, 0.05) is 6.54 Å². The lowest BCUT2D eigenvalue weighted by molar-refractivity contribution is -0.116. The van der Waals surface area contributed by atoms with Crippen LogP contribution in [0.1, 0.15) is 66.2 Å². The van der Waals surface area contributed by atoms with Crippen molar-refractivity contribution in [3.8, 4) is 0 Å². The molecule has 1 aliphatic rings. The van der Waals surface area contributed by atoms with Crippen molar-refractivity contribution in [1.29, 1.82) is 0 Å². The van der Waals surface area contributed by atoms with Crippen LogP contribution in [-0.4, -0.2) is 25.3 Å². The van der Waals surface area contributed by atoms with Crippen molar-refractivity contribution < 1.29 is 4.74 Å². The molecule has 0 heterocycles. The molecule has 0 saturated heterocycles. The molecule has 0 aliphatic heterocycles. The van der Waals surface area contributed by atoms with E-state index in [-0.39, 0.29) is 5.60 Å². The number of rotatable bonds is 7. The zero-order chi connectivity index (χ0) is 13.6. The van der Waals surface area contributed by atoms with Crippen molar-refractivity contribution in [3.05, 3.63) is 0 Å². The standard InChI is InChI=1S/C16H33NO/c1-6-15-7-9-16(10-8-15,12-17-5)18-14(4)11-13(2)3/h13-15,17H,6-12H2,1-5H3. The maximum Gasteiger partial charge on any atom is 0.0810 e. The molecule has 108 valence electrons. The van der Waals surface area contributed by atoms with E-state index < -0.39 is 0 Å². The lowest BCUT2D eigenvalue weighted by atomic mass is 9.77. The summed E-state index contributed by atoms with van der Waals surface area (Å²) in [5.74, 6) is 1.65. The third-order valence-electron chi connectivity index (χ3n) is 4.35. The minimum atomic E-state index is 0.106. The Morgan fingerprint density at radius 3 is 2.28 bits per heavy atom. The van der Waals surface area contributed by atoms with Crippen LogP contribution in [0, 0.1) is 11.8 Å². The van der Waals surface area contributed by atoms with Gasteiger partial charge in [0.25, 0.3) is 0 Å². The molecule has 0 aromatic carbocycles. The van der Waals surface area contributed by atoms with E-state index in [1.807, 2.05) is 7.05 Å². The van der Waals surface area contributed by atoms with Gasteiger partial charge in [-0.2, -0.15) is 0 Å². The maximum absolute atomic E-state index is 6.46. The summed E-state index contributed by atoms with van der Waals surface area (Å²) in [4.78, 5) is 0. The summed E-state index contributed by atoms with van der Waals surface area (Å²) < 4.78 is 6.46. The number of hydrogen-bond donors (Lipinski definition) is 1. The topological polar surface area (TPSA) is 21.3 Å². The van der Waals surface area contributed by atoms with Gasteiger partial charge in [0.15, 0.2) is 0 Å². The Morgan fingerprint density at radius 1 is 1.22 bits per heavy atom. The molecule has 0 aromatic rings. The highest BCUT2D eigenvalue weighted by atomic mass is 16.5. The first-order chi connectivity index (χ1) is 8.51. The van der Waals surface area contributed by atoms with E-state index in [0.717, 1.165) is 18.4 Å². The van der Waals surface area contributed by atoms with Crippen LogP contribution >= 0.6 is 0 Å². The van der Waals surface area contributed by atoms with Crippen LogP contribution in [0.25, 0.3) is 0 Å². The summed E-state index contributed by atoms with van der Waals surface area (Å²) in [6, 6.07) is 0. The van der Waals surface area contributed by atoms with E-state index >= 15 is 0 Å². The predicted molar refractivity (Wildman–Crippen MR) is 78.9 cm³/mol. The normalized spacial score (nSPS) is 30.7. The Hall–Kier alpha value is -0.0800. The molecule has 0 bridgehead atoms. The largest absolute Gasteiger partial charge is 0.371 e. The maximum atomic E-state index is 6.46. The van der Waals surface area contributed by atoms with Crippen LogP contribution in [-0.2, 0) is 4.74 Å². The van der Waals surface area contributed by atoms with E-state index in [2.05, 4.69) is 33.0 Å². The van der Waals surface area contributed by atoms with E-state index in [1.165, 1.54) is 38.5 Å². The van der Waals surface area contributed by atoms with Crippen LogP contribution in [0.15, 0.2) is 0 Å². The molecule has 1 unspecified atom stereocenters. The lowest BCUT2D eigenvalue weighted by Crippen LogP contribution is -2.47. The first-order valence-electron chi connectivity index (χ1n) is 7.83. The monoisotopic (exact) mass is 255 g/mol. The van der Waals surface area contributed by atoms with Crippen LogP contribution in [0.2, 0.25) is 0 Å². The van der Waals surface area contributed by atoms with E-state index in [1.54, 1.807) is 0 Å². The summed E-state index contributed by atoms with van der Waals surface area (Å²) in [6.45, 7) is 10.1. The predicted octanol–water partition coefficient (Wildman–Crippen LogP) is 4.00. The molecule has 2 heteroatoms. The Kier molecular flexibility index (Phi) is 6.65. The molecule has 0 radical (unpaired) electrons. The van der Waals surface area contributed by atoms with Gasteiger partial charge in [-0.3, -0.25) is 0 Å². The van der Waals surface area contributed by atoms with Crippen molar-refractivity contribution in [1.82, 2.24) is 5.32 Å². The summed E-state index contributed by atoms with van der Waals surface area (Å²) in [5, 5.41) is 3.34. The van der Waals surface area contributed by atoms with Crippen molar-refractivity contribution in [2.24, 2.45) is 11.8 Å². The summed E-state index contributed by atoms with van der Waals surface area (Å²) in [6.07, 6.45) is 8.03. The molecular weight excluding hydrogens is 222 g/mol. The van der Waals surface area contributed by atoms with Crippen molar-refractivity contribution >= 4 is 0 Å². The van der Waals surface area contributed by atoms with E-state index in [4.69, 9.17) is 4.74 Å². The van der Waals surface area contributed by atoms with E-state index in [9.17, 15) is 0 Å². The van der Waals surface area contributed by atoms with Crippen LogP contribution in [0.4, 0.5) is 0 Å². The summed E-state index contributed by atoms with van der Waals surface area (Å²) in [5.41, 5.74) is 0.106. The van der Waals surface area contributed by atoms with Crippen LogP contribution in [0.3, 0.4) is 0 Å². The fraction of sp³-hybridized carbons (Fsp3) is 1.00. The highest BCUT2D eigenvalue weighted by Gasteiger charge is 2.36. The minimum Gasteiger partial charge on any atom is -0.371 e. The zero-order valence-electron chi connectivity index (χ0n) is 13.1. The second kappa shape index (κ2) is 7.49. The van der Waals surface area contributed by atoms with Crippen molar-refractivity contribution in [2.45, 2.75) is 77.9 Å². The molecular formula is C16H33NO. The van der Waals surface area contributed by atoms with Crippen molar-refractivity contribution in [3.63, 3.8) is 0 Å². The molecule has 1 atom stereocenters. The third kappa shape index (κ3) is 4.89. The number of ether oxygens (including phenoxy) is 1. The molecule has 2 nitrogen and oxygen atoms in total. The summed E-state index contributed by atoms with van der Waals surface area (Å²) in [7, 11) is 2.05.